The molecule has 1 aliphatic rings. The van der Waals surface area contributed by atoms with E-state index in [0.29, 0.717) is 12.1 Å². The summed E-state index contributed by atoms with van der Waals surface area (Å²) in [5.74, 6) is -1.43. The number of imide groups is 1. The number of carbonyl (C=O) groups excluding carboxylic acids is 3. The fourth-order valence-corrected chi connectivity index (χ4v) is 5.83. The van der Waals surface area contributed by atoms with Crippen LogP contribution in [0.15, 0.2) is 66.7 Å². The zero-order valence-electron chi connectivity index (χ0n) is 21.7. The number of thiazole rings is 1. The van der Waals surface area contributed by atoms with Crippen molar-refractivity contribution in [3.63, 3.8) is 0 Å². The summed E-state index contributed by atoms with van der Waals surface area (Å²) in [6.07, 6.45) is 0.373. The van der Waals surface area contributed by atoms with Gasteiger partial charge in [-0.15, -0.1) is 11.3 Å². The first-order valence-corrected chi connectivity index (χ1v) is 13.4. The highest BCUT2D eigenvalue weighted by Gasteiger charge is 2.45. The van der Waals surface area contributed by atoms with Crippen molar-refractivity contribution in [1.29, 1.82) is 0 Å². The molecule has 1 saturated heterocycles. The third-order valence-corrected chi connectivity index (χ3v) is 8.05. The van der Waals surface area contributed by atoms with Crippen molar-refractivity contribution in [3.8, 4) is 10.6 Å². The standard InChI is InChI=1S/C29H26N4O5S/c1-4-18(3)31(28(35)20-6-5-7-22(15-20)33(37)38)24-16-26(34)32(29(24)36)21-11-9-19(10-12-21)27-30-23-13-8-17(2)14-25(23)39-27/h5-15,18,24H,4,16H2,1-3H3. The average Bonchev–Trinajstić information content (AvgIpc) is 3.48. The molecule has 39 heavy (non-hydrogen) atoms. The van der Waals surface area contributed by atoms with Gasteiger partial charge in [-0.1, -0.05) is 19.1 Å². The number of non-ortho nitro benzene ring substituents is 1. The molecule has 3 amide bonds. The maximum Gasteiger partial charge on any atom is 0.270 e. The molecule has 4 aromatic rings. The van der Waals surface area contributed by atoms with Crippen molar-refractivity contribution in [2.75, 3.05) is 4.90 Å². The Labute approximate surface area is 228 Å². The molecule has 0 N–H and O–H groups in total. The lowest BCUT2D eigenvalue weighted by atomic mass is 10.1. The summed E-state index contributed by atoms with van der Waals surface area (Å²) in [6.45, 7) is 5.70. The number of rotatable bonds is 7. The molecule has 2 unspecified atom stereocenters. The van der Waals surface area contributed by atoms with E-state index in [4.69, 9.17) is 4.98 Å². The van der Waals surface area contributed by atoms with Gasteiger partial charge in [-0.05, 0) is 68.3 Å². The van der Waals surface area contributed by atoms with Crippen LogP contribution in [0.3, 0.4) is 0 Å². The molecule has 10 heteroatoms. The van der Waals surface area contributed by atoms with Crippen LogP contribution in [0, 0.1) is 17.0 Å². The summed E-state index contributed by atoms with van der Waals surface area (Å²) in [5, 5.41) is 12.1. The van der Waals surface area contributed by atoms with Crippen LogP contribution in [0.2, 0.25) is 0 Å². The Hall–Kier alpha value is -4.44. The summed E-state index contributed by atoms with van der Waals surface area (Å²) in [4.78, 5) is 58.0. The minimum Gasteiger partial charge on any atom is -0.323 e. The van der Waals surface area contributed by atoms with Gasteiger partial charge in [-0.25, -0.2) is 9.88 Å². The lowest BCUT2D eigenvalue weighted by Gasteiger charge is -2.33. The predicted octanol–water partition coefficient (Wildman–Crippen LogP) is 5.75. The van der Waals surface area contributed by atoms with E-state index in [-0.39, 0.29) is 23.7 Å². The number of aromatic nitrogens is 1. The molecule has 0 aliphatic carbocycles. The second-order valence-electron chi connectivity index (χ2n) is 9.60. The van der Waals surface area contributed by atoms with E-state index in [1.165, 1.54) is 29.2 Å². The molecule has 1 fully saturated rings. The molecule has 1 aromatic heterocycles. The van der Waals surface area contributed by atoms with Gasteiger partial charge in [0.2, 0.25) is 5.91 Å². The monoisotopic (exact) mass is 542 g/mol. The molecule has 0 radical (unpaired) electrons. The molecule has 3 aromatic carbocycles. The topological polar surface area (TPSA) is 114 Å². The molecule has 9 nitrogen and oxygen atoms in total. The number of amides is 3. The highest BCUT2D eigenvalue weighted by atomic mass is 32.1. The second kappa shape index (κ2) is 10.4. The molecule has 2 atom stereocenters. The minimum absolute atomic E-state index is 0.0959. The van der Waals surface area contributed by atoms with E-state index in [1.807, 2.05) is 38.1 Å². The summed E-state index contributed by atoms with van der Waals surface area (Å²) < 4.78 is 1.08. The first-order chi connectivity index (χ1) is 18.7. The SMILES string of the molecule is CCC(C)N(C(=O)c1cccc([N+](=O)[O-])c1)C1CC(=O)N(c2ccc(-c3nc4ccc(C)cc4s3)cc2)C1=O. The normalized spacial score (nSPS) is 16.1. The number of hydrogen-bond acceptors (Lipinski definition) is 7. The van der Waals surface area contributed by atoms with E-state index in [0.717, 1.165) is 31.3 Å². The minimum atomic E-state index is -1.01. The van der Waals surface area contributed by atoms with Crippen molar-refractivity contribution in [2.24, 2.45) is 0 Å². The van der Waals surface area contributed by atoms with E-state index in [2.05, 4.69) is 6.07 Å². The fourth-order valence-electron chi connectivity index (χ4n) is 4.76. The first-order valence-electron chi connectivity index (χ1n) is 12.6. The van der Waals surface area contributed by atoms with Gasteiger partial charge in [0.25, 0.3) is 17.5 Å². The summed E-state index contributed by atoms with van der Waals surface area (Å²) >= 11 is 1.57. The molecular formula is C29H26N4O5S. The van der Waals surface area contributed by atoms with Crippen LogP contribution in [0.25, 0.3) is 20.8 Å². The lowest BCUT2D eigenvalue weighted by Crippen LogP contribution is -2.49. The number of hydrogen-bond donors (Lipinski definition) is 0. The number of anilines is 1. The van der Waals surface area contributed by atoms with Crippen LogP contribution in [-0.2, 0) is 9.59 Å². The molecule has 0 spiro atoms. The van der Waals surface area contributed by atoms with E-state index < -0.39 is 28.7 Å². The summed E-state index contributed by atoms with van der Waals surface area (Å²) in [6, 6.07) is 17.2. The van der Waals surface area contributed by atoms with Crippen LogP contribution in [0.4, 0.5) is 11.4 Å². The van der Waals surface area contributed by atoms with Gasteiger partial charge >= 0.3 is 0 Å². The van der Waals surface area contributed by atoms with E-state index >= 15 is 0 Å². The number of aryl methyl sites for hydroxylation is 1. The number of nitro groups is 1. The van der Waals surface area contributed by atoms with E-state index in [1.54, 1.807) is 30.4 Å². The predicted molar refractivity (Wildman–Crippen MR) is 150 cm³/mol. The summed E-state index contributed by atoms with van der Waals surface area (Å²) in [7, 11) is 0. The van der Waals surface area contributed by atoms with Crippen LogP contribution in [0.5, 0.6) is 0 Å². The molecule has 1 aliphatic heterocycles. The Morgan fingerprint density at radius 3 is 2.59 bits per heavy atom. The zero-order chi connectivity index (χ0) is 27.8. The lowest BCUT2D eigenvalue weighted by molar-refractivity contribution is -0.384. The van der Waals surface area contributed by atoms with Crippen molar-refractivity contribution in [2.45, 2.75) is 45.7 Å². The van der Waals surface area contributed by atoms with Gasteiger partial charge < -0.3 is 4.90 Å². The highest BCUT2D eigenvalue weighted by Crippen LogP contribution is 2.34. The second-order valence-corrected chi connectivity index (χ2v) is 10.6. The van der Waals surface area contributed by atoms with Crippen molar-refractivity contribution >= 4 is 50.6 Å². The van der Waals surface area contributed by atoms with Crippen molar-refractivity contribution < 1.29 is 19.3 Å². The van der Waals surface area contributed by atoms with Crippen molar-refractivity contribution in [1.82, 2.24) is 9.88 Å². The third kappa shape index (κ3) is 4.90. The largest absolute Gasteiger partial charge is 0.323 e. The van der Waals surface area contributed by atoms with Crippen LogP contribution in [0.1, 0.15) is 42.6 Å². The van der Waals surface area contributed by atoms with Gasteiger partial charge in [0.1, 0.15) is 11.0 Å². The maximum atomic E-state index is 13.6. The van der Waals surface area contributed by atoms with Crippen molar-refractivity contribution in [3.05, 3.63) is 88.0 Å². The molecule has 0 bridgehead atoms. The Balaban J connectivity index is 1.42. The van der Waals surface area contributed by atoms with Crippen LogP contribution < -0.4 is 4.90 Å². The number of carbonyl (C=O) groups is 3. The fraction of sp³-hybridized carbons (Fsp3) is 0.241. The molecule has 0 saturated carbocycles. The van der Waals surface area contributed by atoms with Gasteiger partial charge in [0, 0.05) is 29.3 Å². The Kier molecular flexibility index (Phi) is 6.96. The van der Waals surface area contributed by atoms with Crippen LogP contribution in [-0.4, -0.2) is 44.6 Å². The van der Waals surface area contributed by atoms with Gasteiger partial charge in [0.15, 0.2) is 0 Å². The van der Waals surface area contributed by atoms with E-state index in [9.17, 15) is 24.5 Å². The van der Waals surface area contributed by atoms with Gasteiger partial charge in [0.05, 0.1) is 27.2 Å². The van der Waals surface area contributed by atoms with Crippen LogP contribution >= 0.6 is 11.3 Å². The Morgan fingerprint density at radius 1 is 1.15 bits per heavy atom. The Morgan fingerprint density at radius 2 is 1.90 bits per heavy atom. The molecule has 5 rings (SSSR count). The quantitative estimate of drug-likeness (QED) is 0.167. The van der Waals surface area contributed by atoms with Gasteiger partial charge in [-0.3, -0.25) is 24.5 Å². The number of benzene rings is 3. The maximum absolute atomic E-state index is 13.6. The first kappa shape index (κ1) is 26.2. The third-order valence-electron chi connectivity index (χ3n) is 6.98. The smallest absolute Gasteiger partial charge is 0.270 e. The average molecular weight is 543 g/mol. The zero-order valence-corrected chi connectivity index (χ0v) is 22.5. The highest BCUT2D eigenvalue weighted by molar-refractivity contribution is 7.21. The number of fused-ring (bicyclic) bond motifs is 1. The Bertz CT molecular complexity index is 1610. The molecular weight excluding hydrogens is 516 g/mol. The molecule has 2 heterocycles. The summed E-state index contributed by atoms with van der Waals surface area (Å²) in [5.41, 5.74) is 3.23. The van der Waals surface area contributed by atoms with Gasteiger partial charge in [-0.2, -0.15) is 0 Å². The number of nitro benzene ring substituents is 1. The molecule has 198 valence electrons. The number of nitrogens with zero attached hydrogens (tertiary/aromatic N) is 4.